The normalized spacial score (nSPS) is 20.3. The van der Waals surface area contributed by atoms with Gasteiger partial charge in [-0.2, -0.15) is 0 Å². The quantitative estimate of drug-likeness (QED) is 0.829. The Kier molecular flexibility index (Phi) is 4.60. The van der Waals surface area contributed by atoms with Gasteiger partial charge in [-0.15, -0.1) is 0 Å². The maximum atomic E-state index is 12.7. The van der Waals surface area contributed by atoms with Crippen LogP contribution in [-0.4, -0.2) is 32.6 Å². The lowest BCUT2D eigenvalue weighted by Crippen LogP contribution is -2.34. The minimum atomic E-state index is -0.265. The maximum absolute atomic E-state index is 12.7. The number of carbonyl (C=O) groups excluding carboxylic acids is 1. The molecule has 0 aliphatic carbocycles. The van der Waals surface area contributed by atoms with Crippen LogP contribution in [0.25, 0.3) is 0 Å². The molecule has 2 N–H and O–H groups in total. The topological polar surface area (TPSA) is 59.6 Å². The van der Waals surface area contributed by atoms with Crippen molar-refractivity contribution in [1.29, 1.82) is 0 Å². The van der Waals surface area contributed by atoms with Gasteiger partial charge in [-0.25, -0.2) is 0 Å². The average molecular weight is 312 g/mol. The van der Waals surface area contributed by atoms with Gasteiger partial charge >= 0.3 is 0 Å². The van der Waals surface area contributed by atoms with Gasteiger partial charge in [-0.1, -0.05) is 30.3 Å². The monoisotopic (exact) mass is 312 g/mol. The van der Waals surface area contributed by atoms with Gasteiger partial charge in [0.15, 0.2) is 17.3 Å². The molecule has 3 rings (SSSR count). The minimum absolute atomic E-state index is 0.00899. The van der Waals surface area contributed by atoms with E-state index >= 15 is 0 Å². The summed E-state index contributed by atoms with van der Waals surface area (Å²) in [6.45, 7) is 0.590. The molecule has 1 saturated heterocycles. The number of nitrogens with one attached hydrogen (secondary N) is 2. The summed E-state index contributed by atoms with van der Waals surface area (Å²) in [5.41, 5.74) is 1.73. The highest BCUT2D eigenvalue weighted by Crippen LogP contribution is 2.28. The summed E-state index contributed by atoms with van der Waals surface area (Å²) in [6, 6.07) is 15.0. The van der Waals surface area contributed by atoms with Gasteiger partial charge in [0.1, 0.15) is 0 Å². The van der Waals surface area contributed by atoms with E-state index in [1.165, 1.54) is 0 Å². The van der Waals surface area contributed by atoms with Crippen LogP contribution in [0.4, 0.5) is 0 Å². The molecule has 1 heterocycles. The van der Waals surface area contributed by atoms with Crippen molar-refractivity contribution in [3.05, 3.63) is 59.7 Å². The Hall–Kier alpha value is -2.37. The molecule has 23 heavy (non-hydrogen) atoms. The highest BCUT2D eigenvalue weighted by atomic mass is 16.5. The SMILES string of the molecule is COc1ccc(C(=O)C2CNC(c3ccccc3)N2)cc1OC. The van der Waals surface area contributed by atoms with Crippen LogP contribution in [0.15, 0.2) is 48.5 Å². The van der Waals surface area contributed by atoms with Gasteiger partial charge in [0.2, 0.25) is 0 Å². The summed E-state index contributed by atoms with van der Waals surface area (Å²) in [7, 11) is 3.14. The van der Waals surface area contributed by atoms with Crippen LogP contribution in [-0.2, 0) is 0 Å². The molecule has 120 valence electrons. The molecule has 2 atom stereocenters. The number of carbonyl (C=O) groups is 1. The molecule has 2 aromatic carbocycles. The van der Waals surface area contributed by atoms with Crippen molar-refractivity contribution in [3.63, 3.8) is 0 Å². The molecule has 2 unspecified atom stereocenters. The van der Waals surface area contributed by atoms with E-state index in [4.69, 9.17) is 9.47 Å². The number of ketones is 1. The van der Waals surface area contributed by atoms with Crippen LogP contribution < -0.4 is 20.1 Å². The first kappa shape index (κ1) is 15.5. The predicted molar refractivity (Wildman–Crippen MR) is 88.0 cm³/mol. The van der Waals surface area contributed by atoms with Crippen molar-refractivity contribution in [3.8, 4) is 11.5 Å². The molecule has 1 aliphatic rings. The smallest absolute Gasteiger partial charge is 0.181 e. The number of rotatable bonds is 5. The Bertz CT molecular complexity index is 688. The third-order valence-electron chi connectivity index (χ3n) is 4.01. The zero-order valence-electron chi connectivity index (χ0n) is 13.2. The van der Waals surface area contributed by atoms with E-state index in [0.29, 0.717) is 23.6 Å². The number of Topliss-reactive ketones (excluding diaryl/α,β-unsaturated/α-hetero) is 1. The maximum Gasteiger partial charge on any atom is 0.181 e. The van der Waals surface area contributed by atoms with Gasteiger partial charge in [0, 0.05) is 12.1 Å². The molecule has 5 nitrogen and oxygen atoms in total. The van der Waals surface area contributed by atoms with Crippen LogP contribution in [0.2, 0.25) is 0 Å². The molecule has 1 fully saturated rings. The number of hydrogen-bond donors (Lipinski definition) is 2. The first-order valence-electron chi connectivity index (χ1n) is 7.53. The van der Waals surface area contributed by atoms with E-state index in [2.05, 4.69) is 10.6 Å². The van der Waals surface area contributed by atoms with Gasteiger partial charge in [-0.3, -0.25) is 15.4 Å². The second kappa shape index (κ2) is 6.81. The second-order valence-corrected chi connectivity index (χ2v) is 5.41. The Labute approximate surface area is 135 Å². The third kappa shape index (κ3) is 3.21. The first-order valence-corrected chi connectivity index (χ1v) is 7.53. The van der Waals surface area contributed by atoms with Crippen molar-refractivity contribution in [2.45, 2.75) is 12.2 Å². The largest absolute Gasteiger partial charge is 0.493 e. The summed E-state index contributed by atoms with van der Waals surface area (Å²) in [4.78, 5) is 12.7. The van der Waals surface area contributed by atoms with Gasteiger partial charge < -0.3 is 9.47 Å². The van der Waals surface area contributed by atoms with Crippen molar-refractivity contribution in [1.82, 2.24) is 10.6 Å². The van der Waals surface area contributed by atoms with Crippen molar-refractivity contribution in [2.75, 3.05) is 20.8 Å². The van der Waals surface area contributed by atoms with Gasteiger partial charge in [-0.05, 0) is 23.8 Å². The van der Waals surface area contributed by atoms with Crippen LogP contribution >= 0.6 is 0 Å². The summed E-state index contributed by atoms with van der Waals surface area (Å²) in [6.07, 6.45) is -0.00899. The summed E-state index contributed by atoms with van der Waals surface area (Å²) in [5.74, 6) is 1.21. The molecule has 0 bridgehead atoms. The predicted octanol–water partition coefficient (Wildman–Crippen LogP) is 2.15. The van der Waals surface area contributed by atoms with Crippen molar-refractivity contribution >= 4 is 5.78 Å². The molecule has 0 radical (unpaired) electrons. The molecule has 0 saturated carbocycles. The lowest BCUT2D eigenvalue weighted by Gasteiger charge is -2.14. The molecule has 5 heteroatoms. The van der Waals surface area contributed by atoms with E-state index in [1.807, 2.05) is 30.3 Å². The molecule has 0 spiro atoms. The average Bonchev–Trinajstić information content (AvgIpc) is 3.11. The summed E-state index contributed by atoms with van der Waals surface area (Å²) in [5, 5.41) is 6.68. The molecule has 0 amide bonds. The molecular weight excluding hydrogens is 292 g/mol. The molecule has 2 aromatic rings. The van der Waals surface area contributed by atoms with E-state index in [0.717, 1.165) is 5.56 Å². The highest BCUT2D eigenvalue weighted by molar-refractivity contribution is 6.01. The highest BCUT2D eigenvalue weighted by Gasteiger charge is 2.30. The van der Waals surface area contributed by atoms with Crippen LogP contribution in [0.5, 0.6) is 11.5 Å². The Balaban J connectivity index is 1.74. The number of hydrogen-bond acceptors (Lipinski definition) is 5. The Morgan fingerprint density at radius 3 is 2.48 bits per heavy atom. The van der Waals surface area contributed by atoms with Gasteiger partial charge in [0.05, 0.1) is 26.4 Å². The molecular formula is C18H20N2O3. The fraction of sp³-hybridized carbons (Fsp3) is 0.278. The second-order valence-electron chi connectivity index (χ2n) is 5.41. The standard InChI is InChI=1S/C18H20N2O3/c1-22-15-9-8-13(10-16(15)23-2)17(21)14-11-19-18(20-14)12-6-4-3-5-7-12/h3-10,14,18-20H,11H2,1-2H3. The zero-order valence-corrected chi connectivity index (χ0v) is 13.2. The zero-order chi connectivity index (χ0) is 16.2. The fourth-order valence-corrected chi connectivity index (χ4v) is 2.77. The molecule has 1 aliphatic heterocycles. The lowest BCUT2D eigenvalue weighted by molar-refractivity contribution is 0.0954. The molecule has 0 aromatic heterocycles. The van der Waals surface area contributed by atoms with E-state index in [-0.39, 0.29) is 18.0 Å². The Morgan fingerprint density at radius 1 is 1.04 bits per heavy atom. The van der Waals surface area contributed by atoms with E-state index in [9.17, 15) is 4.79 Å². The lowest BCUT2D eigenvalue weighted by atomic mass is 10.0. The number of ether oxygens (including phenoxy) is 2. The van der Waals surface area contributed by atoms with Gasteiger partial charge in [0.25, 0.3) is 0 Å². The number of benzene rings is 2. The van der Waals surface area contributed by atoms with Crippen molar-refractivity contribution in [2.24, 2.45) is 0 Å². The number of methoxy groups -OCH3 is 2. The third-order valence-corrected chi connectivity index (χ3v) is 4.01. The minimum Gasteiger partial charge on any atom is -0.493 e. The van der Waals surface area contributed by atoms with Crippen LogP contribution in [0.1, 0.15) is 22.1 Å². The van der Waals surface area contributed by atoms with E-state index < -0.39 is 0 Å². The van der Waals surface area contributed by atoms with Crippen LogP contribution in [0.3, 0.4) is 0 Å². The first-order chi connectivity index (χ1) is 11.2. The van der Waals surface area contributed by atoms with Crippen molar-refractivity contribution < 1.29 is 14.3 Å². The van der Waals surface area contributed by atoms with E-state index in [1.54, 1.807) is 32.4 Å². The van der Waals surface area contributed by atoms with Crippen LogP contribution in [0, 0.1) is 0 Å². The summed E-state index contributed by atoms with van der Waals surface area (Å²) >= 11 is 0. The Morgan fingerprint density at radius 2 is 1.78 bits per heavy atom. The fourth-order valence-electron chi connectivity index (χ4n) is 2.77. The summed E-state index contributed by atoms with van der Waals surface area (Å²) < 4.78 is 10.5.